The van der Waals surface area contributed by atoms with Gasteiger partial charge in [-0.05, 0) is 31.5 Å². The van der Waals surface area contributed by atoms with Gasteiger partial charge in [-0.3, -0.25) is 4.79 Å². The third kappa shape index (κ3) is 2.37. The zero-order valence-electron chi connectivity index (χ0n) is 9.25. The molecule has 0 saturated carbocycles. The Hall–Kier alpha value is -1.90. The Morgan fingerprint density at radius 3 is 2.62 bits per heavy atom. The second-order valence-electron chi connectivity index (χ2n) is 3.48. The first-order chi connectivity index (χ1) is 7.47. The minimum atomic E-state index is -0.459. The van der Waals surface area contributed by atoms with Crippen LogP contribution in [0.3, 0.4) is 0 Å². The fourth-order valence-electron chi connectivity index (χ4n) is 1.40. The van der Waals surface area contributed by atoms with E-state index in [0.29, 0.717) is 11.1 Å². The molecule has 1 N–H and O–H groups in total. The van der Waals surface area contributed by atoms with E-state index in [0.717, 1.165) is 0 Å². The Labute approximate surface area is 93.7 Å². The summed E-state index contributed by atoms with van der Waals surface area (Å²) in [5.41, 5.74) is 1.10. The van der Waals surface area contributed by atoms with Gasteiger partial charge < -0.3 is 5.11 Å². The predicted octanol–water partition coefficient (Wildman–Crippen LogP) is 3.18. The van der Waals surface area contributed by atoms with Gasteiger partial charge in [-0.15, -0.1) is 0 Å². The fraction of sp³-hybridized carbons (Fsp3) is 0.154. The maximum atomic E-state index is 13.0. The molecule has 2 nitrogen and oxygen atoms in total. The van der Waals surface area contributed by atoms with Gasteiger partial charge in [0.2, 0.25) is 0 Å². The Balaban J connectivity index is 3.42. The number of hydrogen-bond acceptors (Lipinski definition) is 2. The van der Waals surface area contributed by atoms with Gasteiger partial charge >= 0.3 is 0 Å². The van der Waals surface area contributed by atoms with E-state index < -0.39 is 5.82 Å². The van der Waals surface area contributed by atoms with Crippen molar-refractivity contribution in [3.63, 3.8) is 0 Å². The summed E-state index contributed by atoms with van der Waals surface area (Å²) in [5.74, 6) is -1.00. The van der Waals surface area contributed by atoms with Gasteiger partial charge in [-0.25, -0.2) is 4.39 Å². The topological polar surface area (TPSA) is 37.3 Å². The van der Waals surface area contributed by atoms with Crippen molar-refractivity contribution in [1.29, 1.82) is 0 Å². The van der Waals surface area contributed by atoms with Crippen LogP contribution in [-0.2, 0) is 4.79 Å². The summed E-state index contributed by atoms with van der Waals surface area (Å²) in [4.78, 5) is 11.2. The van der Waals surface area contributed by atoms with Gasteiger partial charge in [0.15, 0.2) is 5.78 Å². The van der Waals surface area contributed by atoms with Crippen molar-refractivity contribution in [3.8, 4) is 0 Å². The summed E-state index contributed by atoms with van der Waals surface area (Å²) in [6.07, 6.45) is 1.27. The molecule has 1 aromatic carbocycles. The van der Waals surface area contributed by atoms with Crippen LogP contribution in [-0.4, -0.2) is 10.9 Å². The number of Topliss-reactive ketones (excluding diaryl/α,β-unsaturated/α-hetero) is 1. The lowest BCUT2D eigenvalue weighted by Crippen LogP contribution is -2.00. The lowest BCUT2D eigenvalue weighted by atomic mass is 10.0. The average molecular weight is 220 g/mol. The largest absolute Gasteiger partial charge is 0.507 e. The van der Waals surface area contributed by atoms with E-state index in [1.165, 1.54) is 25.1 Å². The van der Waals surface area contributed by atoms with Crippen molar-refractivity contribution in [2.24, 2.45) is 0 Å². The normalized spacial score (nSPS) is 11.9. The van der Waals surface area contributed by atoms with E-state index in [2.05, 4.69) is 6.58 Å². The maximum Gasteiger partial charge on any atom is 0.163 e. The molecule has 1 rings (SSSR count). The van der Waals surface area contributed by atoms with E-state index >= 15 is 0 Å². The van der Waals surface area contributed by atoms with Crippen molar-refractivity contribution in [2.75, 3.05) is 0 Å². The molecule has 0 aliphatic rings. The van der Waals surface area contributed by atoms with Crippen LogP contribution in [0, 0.1) is 12.7 Å². The summed E-state index contributed by atoms with van der Waals surface area (Å²) < 4.78 is 13.0. The van der Waals surface area contributed by atoms with Gasteiger partial charge in [0.1, 0.15) is 11.6 Å². The molecule has 0 aliphatic carbocycles. The summed E-state index contributed by atoms with van der Waals surface area (Å²) in [6.45, 7) is 6.50. The minimum Gasteiger partial charge on any atom is -0.507 e. The lowest BCUT2D eigenvalue weighted by molar-refractivity contribution is -0.113. The molecule has 84 valence electrons. The molecule has 0 atom stereocenters. The number of benzene rings is 1. The molecule has 3 heteroatoms. The van der Waals surface area contributed by atoms with Gasteiger partial charge in [0.25, 0.3) is 0 Å². The molecule has 0 spiro atoms. The van der Waals surface area contributed by atoms with Gasteiger partial charge in [0.05, 0.1) is 5.57 Å². The molecule has 0 radical (unpaired) electrons. The average Bonchev–Trinajstić information content (AvgIpc) is 2.22. The second-order valence-corrected chi connectivity index (χ2v) is 3.48. The summed E-state index contributed by atoms with van der Waals surface area (Å²) >= 11 is 0. The van der Waals surface area contributed by atoms with Gasteiger partial charge in [0, 0.05) is 5.56 Å². The van der Waals surface area contributed by atoms with E-state index in [1.807, 2.05) is 0 Å². The third-order valence-corrected chi connectivity index (χ3v) is 2.29. The number of ketones is 1. The Bertz CT molecular complexity index is 473. The van der Waals surface area contributed by atoms with Crippen molar-refractivity contribution in [3.05, 3.63) is 53.4 Å². The molecule has 0 bridgehead atoms. The van der Waals surface area contributed by atoms with Crippen LogP contribution in [0.1, 0.15) is 18.1 Å². The highest BCUT2D eigenvalue weighted by molar-refractivity contribution is 6.02. The molecule has 0 amide bonds. The summed E-state index contributed by atoms with van der Waals surface area (Å²) in [6, 6.07) is 4.03. The highest BCUT2D eigenvalue weighted by Gasteiger charge is 2.12. The minimum absolute atomic E-state index is 0.0914. The quantitative estimate of drug-likeness (QED) is 0.482. The number of halogens is 1. The Kier molecular flexibility index (Phi) is 3.61. The highest BCUT2D eigenvalue weighted by atomic mass is 19.1. The van der Waals surface area contributed by atoms with Crippen LogP contribution in [0.4, 0.5) is 4.39 Å². The van der Waals surface area contributed by atoms with E-state index in [-0.39, 0.29) is 17.1 Å². The van der Waals surface area contributed by atoms with Crippen molar-refractivity contribution >= 4 is 11.5 Å². The molecule has 0 aliphatic heterocycles. The van der Waals surface area contributed by atoms with Crippen LogP contribution in [0.25, 0.3) is 5.76 Å². The number of carbonyl (C=O) groups excluding carboxylic acids is 1. The van der Waals surface area contributed by atoms with Crippen LogP contribution in [0.5, 0.6) is 0 Å². The SMILES string of the molecule is C=C/C(C(C)=O)=C(/O)c1cc(F)ccc1C. The highest BCUT2D eigenvalue weighted by Crippen LogP contribution is 2.21. The number of aryl methyl sites for hydroxylation is 1. The second kappa shape index (κ2) is 4.75. The summed E-state index contributed by atoms with van der Waals surface area (Å²) in [7, 11) is 0. The first-order valence-electron chi connectivity index (χ1n) is 4.80. The molecule has 0 fully saturated rings. The van der Waals surface area contributed by atoms with Crippen LogP contribution in [0.2, 0.25) is 0 Å². The molecular weight excluding hydrogens is 207 g/mol. The van der Waals surface area contributed by atoms with Crippen molar-refractivity contribution < 1.29 is 14.3 Å². The Morgan fingerprint density at radius 2 is 2.12 bits per heavy atom. The summed E-state index contributed by atoms with van der Waals surface area (Å²) in [5, 5.41) is 9.88. The van der Waals surface area contributed by atoms with E-state index in [9.17, 15) is 14.3 Å². The van der Waals surface area contributed by atoms with Crippen LogP contribution < -0.4 is 0 Å². The first-order valence-corrected chi connectivity index (χ1v) is 4.80. The zero-order valence-corrected chi connectivity index (χ0v) is 9.25. The van der Waals surface area contributed by atoms with Crippen LogP contribution in [0.15, 0.2) is 36.4 Å². The lowest BCUT2D eigenvalue weighted by Gasteiger charge is -2.07. The number of hydrogen-bond donors (Lipinski definition) is 1. The van der Waals surface area contributed by atoms with Crippen molar-refractivity contribution in [1.82, 2.24) is 0 Å². The first kappa shape index (κ1) is 12.2. The molecule has 0 heterocycles. The van der Waals surface area contributed by atoms with Gasteiger partial charge in [-0.2, -0.15) is 0 Å². The monoisotopic (exact) mass is 220 g/mol. The number of rotatable bonds is 3. The number of aliphatic hydroxyl groups is 1. The number of allylic oxidation sites excluding steroid dienone is 2. The Morgan fingerprint density at radius 1 is 1.50 bits per heavy atom. The molecule has 1 aromatic rings. The molecule has 0 aromatic heterocycles. The number of carbonyl (C=O) groups is 1. The van der Waals surface area contributed by atoms with E-state index in [4.69, 9.17) is 0 Å². The van der Waals surface area contributed by atoms with Crippen molar-refractivity contribution in [2.45, 2.75) is 13.8 Å². The third-order valence-electron chi connectivity index (χ3n) is 2.29. The smallest absolute Gasteiger partial charge is 0.163 e. The predicted molar refractivity (Wildman–Crippen MR) is 61.6 cm³/mol. The fourth-order valence-corrected chi connectivity index (χ4v) is 1.40. The maximum absolute atomic E-state index is 13.0. The number of aliphatic hydroxyl groups excluding tert-OH is 1. The van der Waals surface area contributed by atoms with Gasteiger partial charge in [-0.1, -0.05) is 18.7 Å². The molecule has 0 unspecified atom stereocenters. The standard InChI is InChI=1S/C13H13FO2/c1-4-11(9(3)15)13(16)12-7-10(14)6-5-8(12)2/h4-7,16H,1H2,2-3H3/b13-11-. The van der Waals surface area contributed by atoms with Crippen LogP contribution >= 0.6 is 0 Å². The molecule has 0 saturated heterocycles. The zero-order chi connectivity index (χ0) is 12.3. The molecular formula is C13H13FO2. The van der Waals surface area contributed by atoms with E-state index in [1.54, 1.807) is 13.0 Å². The molecule has 16 heavy (non-hydrogen) atoms.